The fourth-order valence-electron chi connectivity index (χ4n) is 1.87. The van der Waals surface area contributed by atoms with Crippen molar-refractivity contribution in [3.8, 4) is 5.69 Å². The average molecular weight is 321 g/mol. The lowest BCUT2D eigenvalue weighted by Gasteiger charge is -2.09. The lowest BCUT2D eigenvalue weighted by Crippen LogP contribution is -2.25. The van der Waals surface area contributed by atoms with Gasteiger partial charge in [0.15, 0.2) is 0 Å². The van der Waals surface area contributed by atoms with Gasteiger partial charge >= 0.3 is 6.18 Å². The van der Waals surface area contributed by atoms with Crippen molar-refractivity contribution < 1.29 is 13.2 Å². The number of hydrogen-bond donors (Lipinski definition) is 3. The molecule has 0 aliphatic rings. The van der Waals surface area contributed by atoms with E-state index in [4.69, 9.17) is 11.1 Å². The molecule has 0 bridgehead atoms. The minimum atomic E-state index is -4.35. The summed E-state index contributed by atoms with van der Waals surface area (Å²) in [7, 11) is 0. The van der Waals surface area contributed by atoms with Crippen LogP contribution in [0.5, 0.6) is 0 Å². The maximum Gasteiger partial charge on any atom is 0.416 e. The molecular weight excluding hydrogens is 307 g/mol. The van der Waals surface area contributed by atoms with Gasteiger partial charge in [-0.25, -0.2) is 5.43 Å². The Kier molecular flexibility index (Phi) is 4.85. The Labute approximate surface area is 130 Å². The third kappa shape index (κ3) is 4.47. The van der Waals surface area contributed by atoms with Crippen molar-refractivity contribution in [2.24, 2.45) is 10.8 Å². The Morgan fingerprint density at radius 2 is 1.91 bits per heavy atom. The van der Waals surface area contributed by atoms with Gasteiger partial charge in [0.1, 0.15) is 0 Å². The predicted molar refractivity (Wildman–Crippen MR) is 83.3 cm³/mol. The number of allylic oxidation sites excluding steroid dienone is 1. The van der Waals surface area contributed by atoms with Gasteiger partial charge in [0.2, 0.25) is 5.96 Å². The third-order valence-electron chi connectivity index (χ3n) is 2.87. The van der Waals surface area contributed by atoms with Crippen molar-refractivity contribution in [1.29, 1.82) is 5.41 Å². The van der Waals surface area contributed by atoms with E-state index in [0.29, 0.717) is 5.69 Å². The number of nitrogens with two attached hydrogens (primary N) is 1. The molecule has 8 heteroatoms. The fourth-order valence-corrected chi connectivity index (χ4v) is 1.87. The molecule has 0 spiro atoms. The standard InChI is InChI=1S/C15H14F3N5/c16-15(17,18)11-5-7-13(8-6-11)23-10-2-4-12(23)3-1-9-21-22-14(19)20/h1-10H,(H4,19,20,22)/b3-1+,21-9+. The van der Waals surface area contributed by atoms with Gasteiger partial charge in [-0.05, 0) is 48.6 Å². The van der Waals surface area contributed by atoms with E-state index in [1.54, 1.807) is 35.0 Å². The fraction of sp³-hybridized carbons (Fsp3) is 0.0667. The molecule has 0 atom stereocenters. The minimum absolute atomic E-state index is 0.275. The summed E-state index contributed by atoms with van der Waals surface area (Å²) in [5.41, 5.74) is 8.01. The van der Waals surface area contributed by atoms with E-state index in [-0.39, 0.29) is 5.96 Å². The van der Waals surface area contributed by atoms with Gasteiger partial charge in [-0.2, -0.15) is 18.3 Å². The molecule has 2 aromatic rings. The molecule has 23 heavy (non-hydrogen) atoms. The average Bonchev–Trinajstić information content (AvgIpc) is 2.94. The van der Waals surface area contributed by atoms with E-state index in [2.05, 4.69) is 10.5 Å². The lowest BCUT2D eigenvalue weighted by atomic mass is 10.2. The van der Waals surface area contributed by atoms with E-state index < -0.39 is 11.7 Å². The summed E-state index contributed by atoms with van der Waals surface area (Å²) in [5.74, 6) is -0.275. The van der Waals surface area contributed by atoms with Crippen molar-refractivity contribution in [3.05, 3.63) is 59.9 Å². The molecule has 2 rings (SSSR count). The first-order chi connectivity index (χ1) is 10.9. The molecule has 0 aliphatic heterocycles. The zero-order valence-corrected chi connectivity index (χ0v) is 11.9. The number of guanidine groups is 1. The molecule has 0 radical (unpaired) electrons. The summed E-state index contributed by atoms with van der Waals surface area (Å²) >= 11 is 0. The van der Waals surface area contributed by atoms with Crippen LogP contribution in [0.3, 0.4) is 0 Å². The summed E-state index contributed by atoms with van der Waals surface area (Å²) in [5, 5.41) is 10.6. The Morgan fingerprint density at radius 1 is 1.22 bits per heavy atom. The van der Waals surface area contributed by atoms with Crippen LogP contribution in [-0.2, 0) is 6.18 Å². The molecule has 0 saturated heterocycles. The predicted octanol–water partition coefficient (Wildman–Crippen LogP) is 2.98. The normalized spacial score (nSPS) is 12.1. The number of nitrogens with one attached hydrogen (secondary N) is 2. The second kappa shape index (κ2) is 6.82. The first-order valence-electron chi connectivity index (χ1n) is 6.52. The highest BCUT2D eigenvalue weighted by atomic mass is 19.4. The molecule has 1 aromatic heterocycles. The van der Waals surface area contributed by atoms with Gasteiger partial charge in [-0.15, -0.1) is 0 Å². The van der Waals surface area contributed by atoms with Crippen LogP contribution in [0.1, 0.15) is 11.3 Å². The number of alkyl halides is 3. The van der Waals surface area contributed by atoms with E-state index in [0.717, 1.165) is 17.8 Å². The first kappa shape index (κ1) is 16.3. The van der Waals surface area contributed by atoms with Crippen molar-refractivity contribution in [3.63, 3.8) is 0 Å². The maximum absolute atomic E-state index is 12.6. The third-order valence-corrected chi connectivity index (χ3v) is 2.87. The van der Waals surface area contributed by atoms with Crippen LogP contribution in [0.25, 0.3) is 11.8 Å². The maximum atomic E-state index is 12.6. The van der Waals surface area contributed by atoms with Gasteiger partial charge in [0.05, 0.1) is 5.56 Å². The quantitative estimate of drug-likeness (QED) is 0.460. The van der Waals surface area contributed by atoms with Gasteiger partial charge in [0.25, 0.3) is 0 Å². The highest BCUT2D eigenvalue weighted by Crippen LogP contribution is 2.29. The zero-order valence-electron chi connectivity index (χ0n) is 11.9. The first-order valence-corrected chi connectivity index (χ1v) is 6.52. The minimum Gasteiger partial charge on any atom is -0.369 e. The van der Waals surface area contributed by atoms with Crippen LogP contribution in [0, 0.1) is 5.41 Å². The van der Waals surface area contributed by atoms with Crippen LogP contribution >= 0.6 is 0 Å². The highest BCUT2D eigenvalue weighted by Gasteiger charge is 2.29. The van der Waals surface area contributed by atoms with Gasteiger partial charge < -0.3 is 10.3 Å². The second-order valence-corrected chi connectivity index (χ2v) is 4.51. The molecule has 120 valence electrons. The van der Waals surface area contributed by atoms with E-state index in [9.17, 15) is 13.2 Å². The van der Waals surface area contributed by atoms with Crippen molar-refractivity contribution in [2.45, 2.75) is 6.18 Å². The molecule has 0 aliphatic carbocycles. The summed E-state index contributed by atoms with van der Waals surface area (Å²) < 4.78 is 39.5. The SMILES string of the molecule is N=C(N)N/N=C/C=C/c1cccn1-c1ccc(C(F)(F)F)cc1. The molecule has 0 saturated carbocycles. The van der Waals surface area contributed by atoms with E-state index in [1.807, 2.05) is 0 Å². The number of hydrogen-bond acceptors (Lipinski definition) is 2. The monoisotopic (exact) mass is 321 g/mol. The van der Waals surface area contributed by atoms with Crippen molar-refractivity contribution in [1.82, 2.24) is 9.99 Å². The Hall–Kier alpha value is -3.03. The molecule has 0 unspecified atom stereocenters. The summed E-state index contributed by atoms with van der Waals surface area (Å²) in [4.78, 5) is 0. The number of benzene rings is 1. The largest absolute Gasteiger partial charge is 0.416 e. The molecule has 1 heterocycles. The van der Waals surface area contributed by atoms with Crippen LogP contribution in [-0.4, -0.2) is 16.7 Å². The van der Waals surface area contributed by atoms with Gasteiger partial charge in [-0.3, -0.25) is 5.41 Å². The Bertz CT molecular complexity index is 726. The summed E-state index contributed by atoms with van der Waals surface area (Å²) in [6, 6.07) is 8.49. The molecule has 0 amide bonds. The summed E-state index contributed by atoms with van der Waals surface area (Å²) in [6.07, 6.45) is 2.14. The number of aromatic nitrogens is 1. The number of hydrazone groups is 1. The second-order valence-electron chi connectivity index (χ2n) is 4.51. The molecule has 1 aromatic carbocycles. The Morgan fingerprint density at radius 3 is 2.52 bits per heavy atom. The molecular formula is C15H14F3N5. The van der Waals surface area contributed by atoms with Crippen LogP contribution < -0.4 is 11.2 Å². The van der Waals surface area contributed by atoms with Crippen LogP contribution in [0.4, 0.5) is 13.2 Å². The molecule has 4 N–H and O–H groups in total. The van der Waals surface area contributed by atoms with Gasteiger partial charge in [-0.1, -0.05) is 0 Å². The molecule has 0 fully saturated rings. The smallest absolute Gasteiger partial charge is 0.369 e. The lowest BCUT2D eigenvalue weighted by molar-refractivity contribution is -0.137. The molecule has 5 nitrogen and oxygen atoms in total. The van der Waals surface area contributed by atoms with E-state index >= 15 is 0 Å². The van der Waals surface area contributed by atoms with Gasteiger partial charge in [0, 0.05) is 23.8 Å². The topological polar surface area (TPSA) is 79.2 Å². The highest BCUT2D eigenvalue weighted by molar-refractivity contribution is 5.80. The number of rotatable bonds is 4. The van der Waals surface area contributed by atoms with Crippen LogP contribution in [0.2, 0.25) is 0 Å². The van der Waals surface area contributed by atoms with E-state index in [1.165, 1.54) is 18.3 Å². The summed E-state index contributed by atoms with van der Waals surface area (Å²) in [6.45, 7) is 0. The Balaban J connectivity index is 2.16. The van der Waals surface area contributed by atoms with Crippen LogP contribution in [0.15, 0.2) is 53.8 Å². The van der Waals surface area contributed by atoms with Crippen molar-refractivity contribution in [2.75, 3.05) is 0 Å². The zero-order chi connectivity index (χ0) is 16.9. The number of halogens is 3. The number of nitrogens with zero attached hydrogens (tertiary/aromatic N) is 2. The van der Waals surface area contributed by atoms with Crippen molar-refractivity contribution >= 4 is 18.3 Å².